The summed E-state index contributed by atoms with van der Waals surface area (Å²) in [6.45, 7) is 1.35. The van der Waals surface area contributed by atoms with Gasteiger partial charge in [0.25, 0.3) is 0 Å². The second-order valence-corrected chi connectivity index (χ2v) is 3.97. The highest BCUT2D eigenvalue weighted by atomic mass is 19.4. The van der Waals surface area contributed by atoms with Crippen LogP contribution in [0.5, 0.6) is 0 Å². The van der Waals surface area contributed by atoms with Gasteiger partial charge in [0, 0.05) is 5.56 Å². The Kier molecular flexibility index (Phi) is 5.17. The van der Waals surface area contributed by atoms with Crippen LogP contribution in [0.2, 0.25) is 0 Å². The maximum absolute atomic E-state index is 13.1. The molecule has 0 unspecified atom stereocenters. The molecule has 0 radical (unpaired) electrons. The number of ketones is 2. The van der Waals surface area contributed by atoms with E-state index in [1.807, 2.05) is 0 Å². The van der Waals surface area contributed by atoms with Crippen LogP contribution in [0.3, 0.4) is 0 Å². The molecule has 0 amide bonds. The highest BCUT2D eigenvalue weighted by Crippen LogP contribution is 2.30. The molecule has 0 aliphatic carbocycles. The molecule has 114 valence electrons. The van der Waals surface area contributed by atoms with Gasteiger partial charge in [0.15, 0.2) is 5.78 Å². The zero-order valence-electron chi connectivity index (χ0n) is 10.8. The van der Waals surface area contributed by atoms with Crippen molar-refractivity contribution < 1.29 is 36.7 Å². The molecular weight excluding hydrogens is 296 g/mol. The SMILES string of the molecule is CCOC(=O)C(=O)CC(=O)c1cc(F)cc(C(F)(F)F)c1. The molecule has 0 fully saturated rings. The average Bonchev–Trinajstić information content (AvgIpc) is 2.37. The molecule has 0 aliphatic rings. The molecule has 0 saturated heterocycles. The number of esters is 1. The molecule has 0 bridgehead atoms. The summed E-state index contributed by atoms with van der Waals surface area (Å²) >= 11 is 0. The normalized spacial score (nSPS) is 11.1. The first-order chi connectivity index (χ1) is 9.65. The predicted octanol–water partition coefficient (Wildman–Crippen LogP) is 2.55. The van der Waals surface area contributed by atoms with E-state index in [4.69, 9.17) is 0 Å². The molecule has 0 heterocycles. The Balaban J connectivity index is 2.96. The number of rotatable bonds is 5. The zero-order valence-corrected chi connectivity index (χ0v) is 10.8. The van der Waals surface area contributed by atoms with Gasteiger partial charge in [-0.2, -0.15) is 13.2 Å². The summed E-state index contributed by atoms with van der Waals surface area (Å²) in [6, 6.07) is 1.21. The number of halogens is 4. The van der Waals surface area contributed by atoms with Crippen LogP contribution < -0.4 is 0 Å². The van der Waals surface area contributed by atoms with E-state index in [0.717, 1.165) is 0 Å². The number of benzene rings is 1. The first-order valence-corrected chi connectivity index (χ1v) is 5.76. The van der Waals surface area contributed by atoms with Gasteiger partial charge in [0.1, 0.15) is 5.82 Å². The third-order valence-electron chi connectivity index (χ3n) is 2.37. The van der Waals surface area contributed by atoms with Gasteiger partial charge in [-0.1, -0.05) is 0 Å². The summed E-state index contributed by atoms with van der Waals surface area (Å²) in [4.78, 5) is 33.9. The minimum atomic E-state index is -4.83. The molecule has 0 N–H and O–H groups in total. The van der Waals surface area contributed by atoms with Crippen molar-refractivity contribution in [3.8, 4) is 0 Å². The fraction of sp³-hybridized carbons (Fsp3) is 0.308. The number of carbonyl (C=O) groups is 3. The van der Waals surface area contributed by atoms with Gasteiger partial charge >= 0.3 is 12.1 Å². The van der Waals surface area contributed by atoms with Crippen LogP contribution in [-0.2, 0) is 20.5 Å². The number of carbonyl (C=O) groups excluding carboxylic acids is 3. The van der Waals surface area contributed by atoms with Gasteiger partial charge in [-0.25, -0.2) is 9.18 Å². The van der Waals surface area contributed by atoms with Crippen LogP contribution in [0.4, 0.5) is 17.6 Å². The van der Waals surface area contributed by atoms with Crippen molar-refractivity contribution in [2.45, 2.75) is 19.5 Å². The van der Waals surface area contributed by atoms with Crippen LogP contribution in [0.1, 0.15) is 29.3 Å². The first-order valence-electron chi connectivity index (χ1n) is 5.76. The topological polar surface area (TPSA) is 60.4 Å². The van der Waals surface area contributed by atoms with Gasteiger partial charge in [-0.15, -0.1) is 0 Å². The van der Waals surface area contributed by atoms with Gasteiger partial charge < -0.3 is 4.74 Å². The second kappa shape index (κ2) is 6.47. The molecule has 0 aliphatic heterocycles. The second-order valence-electron chi connectivity index (χ2n) is 3.97. The third kappa shape index (κ3) is 4.66. The van der Waals surface area contributed by atoms with E-state index in [9.17, 15) is 31.9 Å². The van der Waals surface area contributed by atoms with Crippen molar-refractivity contribution in [1.82, 2.24) is 0 Å². The average molecular weight is 306 g/mol. The summed E-state index contributed by atoms with van der Waals surface area (Å²) in [5, 5.41) is 0. The minimum absolute atomic E-state index is 0.0864. The van der Waals surface area contributed by atoms with E-state index >= 15 is 0 Å². The smallest absolute Gasteiger partial charge is 0.416 e. The van der Waals surface area contributed by atoms with E-state index in [2.05, 4.69) is 4.74 Å². The minimum Gasteiger partial charge on any atom is -0.460 e. The molecule has 0 spiro atoms. The summed E-state index contributed by atoms with van der Waals surface area (Å²) in [6.07, 6.45) is -5.82. The Labute approximate surface area is 116 Å². The van der Waals surface area contributed by atoms with Crippen molar-refractivity contribution in [3.63, 3.8) is 0 Å². The summed E-state index contributed by atoms with van der Waals surface area (Å²) < 4.78 is 54.9. The fourth-order valence-corrected chi connectivity index (χ4v) is 1.45. The Morgan fingerprint density at radius 3 is 2.29 bits per heavy atom. The van der Waals surface area contributed by atoms with Crippen molar-refractivity contribution in [2.75, 3.05) is 6.61 Å². The van der Waals surface area contributed by atoms with Crippen LogP contribution in [-0.4, -0.2) is 24.1 Å². The standard InChI is InChI=1S/C13H10F4O4/c1-2-21-12(20)11(19)6-10(18)7-3-8(13(15,16)17)5-9(14)4-7/h3-5H,2,6H2,1H3. The van der Waals surface area contributed by atoms with Crippen molar-refractivity contribution >= 4 is 17.5 Å². The molecule has 8 heteroatoms. The maximum Gasteiger partial charge on any atom is 0.416 e. The van der Waals surface area contributed by atoms with Crippen molar-refractivity contribution in [2.24, 2.45) is 0 Å². The van der Waals surface area contributed by atoms with Crippen LogP contribution in [0.25, 0.3) is 0 Å². The van der Waals surface area contributed by atoms with E-state index in [1.165, 1.54) is 6.92 Å². The Hall–Kier alpha value is -2.25. The lowest BCUT2D eigenvalue weighted by molar-refractivity contribution is -0.153. The monoisotopic (exact) mass is 306 g/mol. The number of Topliss-reactive ketones (excluding diaryl/α,β-unsaturated/α-hetero) is 2. The largest absolute Gasteiger partial charge is 0.460 e. The number of hydrogen-bond donors (Lipinski definition) is 0. The van der Waals surface area contributed by atoms with Crippen LogP contribution in [0, 0.1) is 5.82 Å². The summed E-state index contributed by atoms with van der Waals surface area (Å²) in [5.74, 6) is -4.84. The molecule has 0 aromatic heterocycles. The van der Waals surface area contributed by atoms with E-state index in [-0.39, 0.29) is 12.7 Å². The molecule has 1 aromatic carbocycles. The maximum atomic E-state index is 13.1. The highest BCUT2D eigenvalue weighted by Gasteiger charge is 2.32. The molecule has 0 atom stereocenters. The Bertz CT molecular complexity index is 578. The van der Waals surface area contributed by atoms with Crippen LogP contribution in [0.15, 0.2) is 18.2 Å². The fourth-order valence-electron chi connectivity index (χ4n) is 1.45. The predicted molar refractivity (Wildman–Crippen MR) is 62.0 cm³/mol. The number of hydrogen-bond acceptors (Lipinski definition) is 4. The van der Waals surface area contributed by atoms with E-state index in [0.29, 0.717) is 12.1 Å². The lowest BCUT2D eigenvalue weighted by Crippen LogP contribution is -2.21. The summed E-state index contributed by atoms with van der Waals surface area (Å²) in [7, 11) is 0. The first kappa shape index (κ1) is 16.8. The number of alkyl halides is 3. The number of ether oxygens (including phenoxy) is 1. The Morgan fingerprint density at radius 1 is 1.14 bits per heavy atom. The lowest BCUT2D eigenvalue weighted by atomic mass is 10.0. The quantitative estimate of drug-likeness (QED) is 0.276. The third-order valence-corrected chi connectivity index (χ3v) is 2.37. The molecule has 0 saturated carbocycles. The van der Waals surface area contributed by atoms with Gasteiger partial charge in [-0.05, 0) is 25.1 Å². The van der Waals surface area contributed by atoms with E-state index < -0.39 is 47.1 Å². The molecule has 4 nitrogen and oxygen atoms in total. The van der Waals surface area contributed by atoms with Crippen LogP contribution >= 0.6 is 0 Å². The lowest BCUT2D eigenvalue weighted by Gasteiger charge is -2.08. The molecule has 1 aromatic rings. The van der Waals surface area contributed by atoms with Crippen molar-refractivity contribution in [3.05, 3.63) is 35.1 Å². The van der Waals surface area contributed by atoms with Gasteiger partial charge in [0.2, 0.25) is 5.78 Å². The van der Waals surface area contributed by atoms with E-state index in [1.54, 1.807) is 0 Å². The van der Waals surface area contributed by atoms with Crippen molar-refractivity contribution in [1.29, 1.82) is 0 Å². The zero-order chi connectivity index (χ0) is 16.2. The molecular formula is C13H10F4O4. The summed E-state index contributed by atoms with van der Waals surface area (Å²) in [5.41, 5.74) is -1.99. The van der Waals surface area contributed by atoms with Gasteiger partial charge in [-0.3, -0.25) is 9.59 Å². The molecule has 1 rings (SSSR count). The Morgan fingerprint density at radius 2 is 1.76 bits per heavy atom. The van der Waals surface area contributed by atoms with Gasteiger partial charge in [0.05, 0.1) is 18.6 Å². The highest BCUT2D eigenvalue weighted by molar-refractivity contribution is 6.38. The molecule has 21 heavy (non-hydrogen) atoms.